The Morgan fingerprint density at radius 3 is 2.50 bits per heavy atom. The molecule has 1 rings (SSSR count). The number of unbranched alkanes of at least 4 members (excludes halogenated alkanes) is 2. The van der Waals surface area contributed by atoms with Crippen molar-refractivity contribution >= 4 is 11.6 Å². The molecule has 3 N–H and O–H groups in total. The molecule has 3 nitrogen and oxygen atoms in total. The first-order valence-corrected chi connectivity index (χ1v) is 6.85. The molecule has 0 aliphatic carbocycles. The van der Waals surface area contributed by atoms with Crippen LogP contribution in [-0.4, -0.2) is 12.5 Å². The van der Waals surface area contributed by atoms with Gasteiger partial charge in [0.15, 0.2) is 0 Å². The molecule has 18 heavy (non-hydrogen) atoms. The lowest BCUT2D eigenvalue weighted by Gasteiger charge is -2.06. The van der Waals surface area contributed by atoms with Gasteiger partial charge in [0.1, 0.15) is 0 Å². The van der Waals surface area contributed by atoms with Gasteiger partial charge in [0, 0.05) is 12.1 Å². The van der Waals surface area contributed by atoms with E-state index in [0.717, 1.165) is 37.8 Å². The van der Waals surface area contributed by atoms with Crippen LogP contribution in [0.2, 0.25) is 0 Å². The number of aryl methyl sites for hydroxylation is 1. The fourth-order valence-corrected chi connectivity index (χ4v) is 1.87. The normalized spacial score (nSPS) is 10.3. The van der Waals surface area contributed by atoms with Gasteiger partial charge in [0.2, 0.25) is 5.91 Å². The van der Waals surface area contributed by atoms with Crippen LogP contribution in [0.3, 0.4) is 0 Å². The molecule has 0 aliphatic rings. The predicted molar refractivity (Wildman–Crippen MR) is 76.6 cm³/mol. The lowest BCUT2D eigenvalue weighted by Crippen LogP contribution is -2.11. The zero-order valence-electron chi connectivity index (χ0n) is 11.2. The molecular formula is C15H24N2O. The van der Waals surface area contributed by atoms with Crippen molar-refractivity contribution < 1.29 is 4.79 Å². The monoisotopic (exact) mass is 248 g/mol. The fraction of sp³-hybridized carbons (Fsp3) is 0.533. The van der Waals surface area contributed by atoms with Crippen LogP contribution in [0.5, 0.6) is 0 Å². The summed E-state index contributed by atoms with van der Waals surface area (Å²) < 4.78 is 0. The van der Waals surface area contributed by atoms with Gasteiger partial charge in [-0.1, -0.05) is 31.9 Å². The maximum atomic E-state index is 11.6. The van der Waals surface area contributed by atoms with E-state index in [2.05, 4.69) is 24.4 Å². The Morgan fingerprint density at radius 1 is 1.17 bits per heavy atom. The molecule has 0 spiro atoms. The smallest absolute Gasteiger partial charge is 0.224 e. The minimum absolute atomic E-state index is 0.0928. The summed E-state index contributed by atoms with van der Waals surface area (Å²) in [6, 6.07) is 8.10. The third-order valence-electron chi connectivity index (χ3n) is 2.88. The molecule has 0 aliphatic heterocycles. The van der Waals surface area contributed by atoms with Gasteiger partial charge in [-0.25, -0.2) is 0 Å². The van der Waals surface area contributed by atoms with Crippen molar-refractivity contribution in [1.29, 1.82) is 0 Å². The zero-order chi connectivity index (χ0) is 13.2. The van der Waals surface area contributed by atoms with E-state index in [0.29, 0.717) is 13.0 Å². The van der Waals surface area contributed by atoms with Crippen LogP contribution >= 0.6 is 0 Å². The van der Waals surface area contributed by atoms with Crippen molar-refractivity contribution in [3.05, 3.63) is 29.8 Å². The molecule has 0 unspecified atom stereocenters. The van der Waals surface area contributed by atoms with Crippen LogP contribution in [0.4, 0.5) is 5.69 Å². The number of hydrogen-bond donors (Lipinski definition) is 2. The van der Waals surface area contributed by atoms with E-state index in [4.69, 9.17) is 5.73 Å². The summed E-state index contributed by atoms with van der Waals surface area (Å²) in [4.78, 5) is 11.6. The molecular weight excluding hydrogens is 224 g/mol. The summed E-state index contributed by atoms with van der Waals surface area (Å²) in [7, 11) is 0. The number of nitrogens with one attached hydrogen (secondary N) is 1. The van der Waals surface area contributed by atoms with Gasteiger partial charge < -0.3 is 11.1 Å². The first-order valence-electron chi connectivity index (χ1n) is 6.85. The van der Waals surface area contributed by atoms with Crippen molar-refractivity contribution in [1.82, 2.24) is 0 Å². The number of nitrogens with two attached hydrogens (primary N) is 1. The van der Waals surface area contributed by atoms with Gasteiger partial charge >= 0.3 is 0 Å². The Labute approximate surface area is 110 Å². The summed E-state index contributed by atoms with van der Waals surface area (Å²) in [5, 5.41) is 2.92. The minimum atomic E-state index is 0.0928. The quantitative estimate of drug-likeness (QED) is 0.695. The Balaban J connectivity index is 2.30. The minimum Gasteiger partial charge on any atom is -0.330 e. The second kappa shape index (κ2) is 8.70. The average Bonchev–Trinajstić information content (AvgIpc) is 2.37. The number of anilines is 1. The van der Waals surface area contributed by atoms with E-state index in [1.165, 1.54) is 5.56 Å². The Hall–Kier alpha value is -1.35. The number of carbonyl (C=O) groups is 1. The highest BCUT2D eigenvalue weighted by atomic mass is 16.1. The Morgan fingerprint density at radius 2 is 1.89 bits per heavy atom. The molecule has 3 heteroatoms. The molecule has 100 valence electrons. The highest BCUT2D eigenvalue weighted by molar-refractivity contribution is 5.90. The van der Waals surface area contributed by atoms with Crippen LogP contribution in [-0.2, 0) is 11.2 Å². The molecule has 0 bridgehead atoms. The third-order valence-corrected chi connectivity index (χ3v) is 2.88. The van der Waals surface area contributed by atoms with Crippen molar-refractivity contribution in [3.63, 3.8) is 0 Å². The van der Waals surface area contributed by atoms with E-state index in [9.17, 15) is 4.79 Å². The van der Waals surface area contributed by atoms with E-state index >= 15 is 0 Å². The fourth-order valence-electron chi connectivity index (χ4n) is 1.87. The van der Waals surface area contributed by atoms with E-state index in [-0.39, 0.29) is 5.91 Å². The summed E-state index contributed by atoms with van der Waals surface area (Å²) in [6.45, 7) is 2.87. The van der Waals surface area contributed by atoms with Crippen LogP contribution in [0.25, 0.3) is 0 Å². The molecule has 0 atom stereocenters. The number of hydrogen-bond acceptors (Lipinski definition) is 2. The van der Waals surface area contributed by atoms with Crippen LogP contribution in [0, 0.1) is 0 Å². The first kappa shape index (κ1) is 14.7. The van der Waals surface area contributed by atoms with Gasteiger partial charge in [-0.15, -0.1) is 0 Å². The number of rotatable bonds is 8. The molecule has 0 aromatic heterocycles. The molecule has 0 fully saturated rings. The predicted octanol–water partition coefficient (Wildman–Crippen LogP) is 3.10. The van der Waals surface area contributed by atoms with E-state index in [1.54, 1.807) is 0 Å². The summed E-state index contributed by atoms with van der Waals surface area (Å²) in [6.07, 6.45) is 5.76. The highest BCUT2D eigenvalue weighted by Gasteiger charge is 2.02. The van der Waals surface area contributed by atoms with Crippen LogP contribution in [0.15, 0.2) is 24.3 Å². The molecule has 1 aromatic carbocycles. The standard InChI is InChI=1S/C15H24N2O/c1-2-6-13-8-10-14(11-9-13)17-15(18)7-4-3-5-12-16/h8-11H,2-7,12,16H2,1H3,(H,17,18). The van der Waals surface area contributed by atoms with Crippen LogP contribution < -0.4 is 11.1 Å². The topological polar surface area (TPSA) is 55.1 Å². The summed E-state index contributed by atoms with van der Waals surface area (Å²) in [5.74, 6) is 0.0928. The van der Waals surface area contributed by atoms with Gasteiger partial charge in [-0.3, -0.25) is 4.79 Å². The third kappa shape index (κ3) is 5.82. The second-order valence-corrected chi connectivity index (χ2v) is 4.59. The lowest BCUT2D eigenvalue weighted by molar-refractivity contribution is -0.116. The number of benzene rings is 1. The largest absolute Gasteiger partial charge is 0.330 e. The van der Waals surface area contributed by atoms with Crippen molar-refractivity contribution in [2.75, 3.05) is 11.9 Å². The van der Waals surface area contributed by atoms with E-state index < -0.39 is 0 Å². The Kier molecular flexibility index (Phi) is 7.11. The maximum Gasteiger partial charge on any atom is 0.224 e. The number of carbonyl (C=O) groups excluding carboxylic acids is 1. The molecule has 0 saturated carbocycles. The van der Waals surface area contributed by atoms with Crippen molar-refractivity contribution in [2.24, 2.45) is 5.73 Å². The molecule has 1 amide bonds. The molecule has 1 aromatic rings. The van der Waals surface area contributed by atoms with Gasteiger partial charge in [-0.05, 0) is 43.5 Å². The average molecular weight is 248 g/mol. The molecule has 0 saturated heterocycles. The van der Waals surface area contributed by atoms with Crippen LogP contribution in [0.1, 0.15) is 44.6 Å². The highest BCUT2D eigenvalue weighted by Crippen LogP contribution is 2.12. The zero-order valence-corrected chi connectivity index (χ0v) is 11.2. The van der Waals surface area contributed by atoms with Gasteiger partial charge in [0.05, 0.1) is 0 Å². The summed E-state index contributed by atoms with van der Waals surface area (Å²) >= 11 is 0. The second-order valence-electron chi connectivity index (χ2n) is 4.59. The van der Waals surface area contributed by atoms with Crippen molar-refractivity contribution in [2.45, 2.75) is 45.4 Å². The van der Waals surface area contributed by atoms with Gasteiger partial charge in [-0.2, -0.15) is 0 Å². The van der Waals surface area contributed by atoms with Crippen molar-refractivity contribution in [3.8, 4) is 0 Å². The molecule has 0 heterocycles. The maximum absolute atomic E-state index is 11.6. The first-order chi connectivity index (χ1) is 8.76. The summed E-state index contributed by atoms with van der Waals surface area (Å²) in [5.41, 5.74) is 7.61. The molecule has 0 radical (unpaired) electrons. The van der Waals surface area contributed by atoms with E-state index in [1.807, 2.05) is 12.1 Å². The number of amides is 1. The SMILES string of the molecule is CCCc1ccc(NC(=O)CCCCCN)cc1. The van der Waals surface area contributed by atoms with Gasteiger partial charge in [0.25, 0.3) is 0 Å². The Bertz CT molecular complexity index is 346. The lowest BCUT2D eigenvalue weighted by atomic mass is 10.1.